The lowest BCUT2D eigenvalue weighted by molar-refractivity contribution is 0.421. The third-order valence-corrected chi connectivity index (χ3v) is 4.72. The van der Waals surface area contributed by atoms with Crippen molar-refractivity contribution >= 4 is 10.0 Å². The summed E-state index contributed by atoms with van der Waals surface area (Å²) in [6.45, 7) is 0.950. The maximum Gasteiger partial charge on any atom is 0.213 e. The van der Waals surface area contributed by atoms with Gasteiger partial charge in [0, 0.05) is 12.1 Å². The minimum atomic E-state index is -3.12. The maximum absolute atomic E-state index is 11.9. The Morgan fingerprint density at radius 2 is 2.00 bits per heavy atom. The Morgan fingerprint density at radius 1 is 1.25 bits per heavy atom. The van der Waals surface area contributed by atoms with Crippen molar-refractivity contribution in [3.8, 4) is 0 Å². The normalized spacial score (nSPS) is 27.4. The van der Waals surface area contributed by atoms with E-state index in [0.717, 1.165) is 38.6 Å². The summed E-state index contributed by atoms with van der Waals surface area (Å²) < 4.78 is 26.5. The van der Waals surface area contributed by atoms with E-state index in [1.807, 2.05) is 12.2 Å². The fraction of sp³-hybridized carbons (Fsp3) is 0.818. The summed E-state index contributed by atoms with van der Waals surface area (Å²) in [7, 11) is -3.12. The topological polar surface area (TPSA) is 58.2 Å². The average Bonchev–Trinajstić information content (AvgIpc) is 2.70. The molecule has 0 radical (unpaired) electrons. The maximum atomic E-state index is 11.9. The van der Waals surface area contributed by atoms with Crippen LogP contribution in [0.25, 0.3) is 0 Å². The summed E-state index contributed by atoms with van der Waals surface area (Å²) in [6.07, 6.45) is 9.01. The van der Waals surface area contributed by atoms with Crippen molar-refractivity contribution in [1.29, 1.82) is 0 Å². The van der Waals surface area contributed by atoms with Gasteiger partial charge in [0.15, 0.2) is 0 Å². The summed E-state index contributed by atoms with van der Waals surface area (Å²) in [5.74, 6) is 0.226. The molecule has 1 aliphatic carbocycles. The number of sulfonamides is 1. The molecular weight excluding hydrogens is 224 g/mol. The first-order chi connectivity index (χ1) is 7.66. The Morgan fingerprint density at radius 3 is 2.62 bits per heavy atom. The van der Waals surface area contributed by atoms with Crippen LogP contribution in [0, 0.1) is 0 Å². The van der Waals surface area contributed by atoms with Crippen molar-refractivity contribution in [2.45, 2.75) is 44.2 Å². The van der Waals surface area contributed by atoms with Gasteiger partial charge in [-0.2, -0.15) is 0 Å². The molecular formula is C11H20N2O2S. The Hall–Kier alpha value is -0.390. The molecule has 0 bridgehead atoms. The zero-order valence-corrected chi connectivity index (χ0v) is 10.3. The van der Waals surface area contributed by atoms with Gasteiger partial charge in [-0.3, -0.25) is 0 Å². The van der Waals surface area contributed by atoms with Crippen molar-refractivity contribution in [3.05, 3.63) is 12.2 Å². The van der Waals surface area contributed by atoms with E-state index in [1.54, 1.807) is 0 Å². The monoisotopic (exact) mass is 244 g/mol. The summed E-state index contributed by atoms with van der Waals surface area (Å²) in [6, 6.07) is 0.231. The largest absolute Gasteiger partial charge is 0.313 e. The van der Waals surface area contributed by atoms with Gasteiger partial charge in [-0.1, -0.05) is 18.6 Å². The predicted molar refractivity (Wildman–Crippen MR) is 64.7 cm³/mol. The number of rotatable bonds is 4. The highest BCUT2D eigenvalue weighted by atomic mass is 32.2. The molecule has 4 nitrogen and oxygen atoms in total. The second kappa shape index (κ2) is 5.29. The minimum Gasteiger partial charge on any atom is -0.313 e. The zero-order chi connectivity index (χ0) is 11.4. The molecule has 2 aliphatic rings. The smallest absolute Gasteiger partial charge is 0.213 e. The van der Waals surface area contributed by atoms with Crippen LogP contribution >= 0.6 is 0 Å². The van der Waals surface area contributed by atoms with Crippen LogP contribution in [0.2, 0.25) is 0 Å². The van der Waals surface area contributed by atoms with Crippen LogP contribution < -0.4 is 10.0 Å². The van der Waals surface area contributed by atoms with E-state index in [0.29, 0.717) is 0 Å². The van der Waals surface area contributed by atoms with Crippen LogP contribution in [0.1, 0.15) is 32.1 Å². The average molecular weight is 244 g/mol. The van der Waals surface area contributed by atoms with Gasteiger partial charge in [-0.05, 0) is 32.2 Å². The Labute approximate surface area is 97.5 Å². The van der Waals surface area contributed by atoms with E-state index in [1.165, 1.54) is 0 Å². The lowest BCUT2D eigenvalue weighted by atomic mass is 10.1. The summed E-state index contributed by atoms with van der Waals surface area (Å²) in [4.78, 5) is 0. The van der Waals surface area contributed by atoms with Gasteiger partial charge in [0.1, 0.15) is 0 Å². The standard InChI is InChI=1S/C11H20N2O2S/c14-16(15,13-10-5-1-2-6-10)9-11-7-3-4-8-12-11/h1-2,10-13H,3-9H2. The minimum absolute atomic E-state index is 0.0913. The van der Waals surface area contributed by atoms with Crippen LogP contribution in [-0.2, 0) is 10.0 Å². The highest BCUT2D eigenvalue weighted by molar-refractivity contribution is 7.89. The number of piperidine rings is 1. The molecule has 16 heavy (non-hydrogen) atoms. The van der Waals surface area contributed by atoms with Crippen molar-refractivity contribution in [3.63, 3.8) is 0 Å². The number of hydrogen-bond donors (Lipinski definition) is 2. The molecule has 0 aromatic heterocycles. The van der Waals surface area contributed by atoms with Gasteiger partial charge in [-0.15, -0.1) is 0 Å². The molecule has 1 saturated heterocycles. The molecule has 1 aliphatic heterocycles. The highest BCUT2D eigenvalue weighted by Crippen LogP contribution is 2.13. The van der Waals surface area contributed by atoms with Crippen molar-refractivity contribution in [1.82, 2.24) is 10.0 Å². The Kier molecular flexibility index (Phi) is 4.00. The van der Waals surface area contributed by atoms with Gasteiger partial charge in [0.05, 0.1) is 5.75 Å². The Bertz CT molecular complexity index is 337. The summed E-state index contributed by atoms with van der Waals surface area (Å²) in [5, 5.41) is 3.27. The molecule has 1 atom stereocenters. The molecule has 2 rings (SSSR count). The molecule has 1 fully saturated rings. The molecule has 0 saturated carbocycles. The predicted octanol–water partition coefficient (Wildman–Crippen LogP) is 0.766. The van der Waals surface area contributed by atoms with Crippen molar-refractivity contribution < 1.29 is 8.42 Å². The van der Waals surface area contributed by atoms with Gasteiger partial charge in [0.25, 0.3) is 0 Å². The SMILES string of the molecule is O=S(=O)(CC1CCCCN1)NC1CC=CC1. The molecule has 0 amide bonds. The zero-order valence-electron chi connectivity index (χ0n) is 9.48. The van der Waals surface area contributed by atoms with Crippen molar-refractivity contribution in [2.24, 2.45) is 0 Å². The molecule has 1 unspecified atom stereocenters. The molecule has 2 N–H and O–H groups in total. The molecule has 1 heterocycles. The highest BCUT2D eigenvalue weighted by Gasteiger charge is 2.23. The quantitative estimate of drug-likeness (QED) is 0.718. The van der Waals surface area contributed by atoms with Crippen LogP contribution in [-0.4, -0.2) is 32.8 Å². The molecule has 92 valence electrons. The number of hydrogen-bond acceptors (Lipinski definition) is 3. The molecule has 5 heteroatoms. The van der Waals surface area contributed by atoms with E-state index in [-0.39, 0.29) is 17.8 Å². The first kappa shape index (κ1) is 12.1. The van der Waals surface area contributed by atoms with Gasteiger partial charge < -0.3 is 5.32 Å². The molecule has 0 spiro atoms. The third-order valence-electron chi connectivity index (χ3n) is 3.19. The fourth-order valence-corrected chi connectivity index (χ4v) is 3.96. The van der Waals surface area contributed by atoms with E-state index in [2.05, 4.69) is 10.0 Å². The van der Waals surface area contributed by atoms with E-state index < -0.39 is 10.0 Å². The van der Waals surface area contributed by atoms with Crippen LogP contribution in [0.15, 0.2) is 12.2 Å². The van der Waals surface area contributed by atoms with E-state index in [4.69, 9.17) is 0 Å². The Balaban J connectivity index is 1.81. The molecule has 0 aromatic rings. The van der Waals surface area contributed by atoms with E-state index >= 15 is 0 Å². The third kappa shape index (κ3) is 3.57. The summed E-state index contributed by atoms with van der Waals surface area (Å²) >= 11 is 0. The first-order valence-corrected chi connectivity index (χ1v) is 7.69. The van der Waals surface area contributed by atoms with Crippen LogP contribution in [0.4, 0.5) is 0 Å². The lowest BCUT2D eigenvalue weighted by Gasteiger charge is -2.24. The second-order valence-electron chi connectivity index (χ2n) is 4.69. The lowest BCUT2D eigenvalue weighted by Crippen LogP contribution is -2.44. The van der Waals surface area contributed by atoms with Crippen molar-refractivity contribution in [2.75, 3.05) is 12.3 Å². The van der Waals surface area contributed by atoms with Crippen LogP contribution in [0.5, 0.6) is 0 Å². The fourth-order valence-electron chi connectivity index (χ4n) is 2.35. The molecule has 0 aromatic carbocycles. The van der Waals surface area contributed by atoms with Gasteiger partial charge in [0.2, 0.25) is 10.0 Å². The number of nitrogens with one attached hydrogen (secondary N) is 2. The summed E-state index contributed by atoms with van der Waals surface area (Å²) in [5.41, 5.74) is 0. The van der Waals surface area contributed by atoms with Gasteiger partial charge >= 0.3 is 0 Å². The van der Waals surface area contributed by atoms with Crippen LogP contribution in [0.3, 0.4) is 0 Å². The second-order valence-corrected chi connectivity index (χ2v) is 6.48. The first-order valence-electron chi connectivity index (χ1n) is 6.04. The van der Waals surface area contributed by atoms with E-state index in [9.17, 15) is 8.42 Å². The van der Waals surface area contributed by atoms with Gasteiger partial charge in [-0.25, -0.2) is 13.1 Å².